The van der Waals surface area contributed by atoms with Crippen LogP contribution in [-0.4, -0.2) is 53.0 Å². The molecule has 26 heavy (non-hydrogen) atoms. The van der Waals surface area contributed by atoms with E-state index in [0.29, 0.717) is 26.2 Å². The van der Waals surface area contributed by atoms with Gasteiger partial charge in [0.15, 0.2) is 0 Å². The number of carboxylic acids is 1. The van der Waals surface area contributed by atoms with Gasteiger partial charge in [0.05, 0.1) is 12.0 Å². The number of rotatable bonds is 5. The predicted molar refractivity (Wildman–Crippen MR) is 88.7 cm³/mol. The zero-order valence-electron chi connectivity index (χ0n) is 14.7. The summed E-state index contributed by atoms with van der Waals surface area (Å²) in [6.45, 7) is 4.92. The number of halogens is 3. The molecule has 0 atom stereocenters. The molecule has 1 amide bonds. The van der Waals surface area contributed by atoms with Crippen molar-refractivity contribution in [2.75, 3.05) is 31.1 Å². The van der Waals surface area contributed by atoms with Crippen molar-refractivity contribution in [2.24, 2.45) is 5.41 Å². The van der Waals surface area contributed by atoms with E-state index in [2.05, 4.69) is 4.98 Å². The highest BCUT2D eigenvalue weighted by molar-refractivity contribution is 5.78. The lowest BCUT2D eigenvalue weighted by Gasteiger charge is -2.37. The van der Waals surface area contributed by atoms with Gasteiger partial charge in [0.1, 0.15) is 5.82 Å². The third-order valence-corrected chi connectivity index (χ3v) is 4.29. The predicted octanol–water partition coefficient (Wildman–Crippen LogP) is 2.64. The molecular formula is C17H22F3N3O3. The molecule has 6 nitrogen and oxygen atoms in total. The number of piperazine rings is 1. The third-order valence-electron chi connectivity index (χ3n) is 4.29. The number of pyridine rings is 1. The Morgan fingerprint density at radius 2 is 1.77 bits per heavy atom. The second-order valence-corrected chi connectivity index (χ2v) is 7.18. The maximum atomic E-state index is 12.8. The highest BCUT2D eigenvalue weighted by Gasteiger charge is 2.32. The molecular weight excluding hydrogens is 351 g/mol. The number of aromatic nitrogens is 1. The van der Waals surface area contributed by atoms with Crippen LogP contribution >= 0.6 is 0 Å². The molecule has 0 unspecified atom stereocenters. The molecule has 1 aliphatic heterocycles. The van der Waals surface area contributed by atoms with Gasteiger partial charge >= 0.3 is 12.1 Å². The zero-order valence-corrected chi connectivity index (χ0v) is 14.7. The van der Waals surface area contributed by atoms with Gasteiger partial charge < -0.3 is 14.9 Å². The second-order valence-electron chi connectivity index (χ2n) is 7.18. The van der Waals surface area contributed by atoms with Gasteiger partial charge in [0.25, 0.3) is 0 Å². The average molecular weight is 373 g/mol. The molecule has 1 aromatic heterocycles. The number of carbonyl (C=O) groups excluding carboxylic acids is 1. The van der Waals surface area contributed by atoms with Crippen molar-refractivity contribution < 1.29 is 27.9 Å². The summed E-state index contributed by atoms with van der Waals surface area (Å²) in [7, 11) is 0. The molecule has 1 fully saturated rings. The quantitative estimate of drug-likeness (QED) is 0.859. The minimum Gasteiger partial charge on any atom is -0.481 e. The van der Waals surface area contributed by atoms with Gasteiger partial charge in [-0.2, -0.15) is 13.2 Å². The van der Waals surface area contributed by atoms with Gasteiger partial charge in [-0.3, -0.25) is 9.59 Å². The molecule has 2 rings (SSSR count). The standard InChI is InChI=1S/C17H22F3N3O3/c1-16(2,11-15(25)26)10-14(24)23-7-5-22(6-8-23)13-9-12(3-4-21-13)17(18,19)20/h3-4,9H,5-8,10-11H2,1-2H3,(H,25,26). The Labute approximate surface area is 149 Å². The van der Waals surface area contributed by atoms with Crippen LogP contribution in [-0.2, 0) is 15.8 Å². The summed E-state index contributed by atoms with van der Waals surface area (Å²) in [5.41, 5.74) is -1.40. The van der Waals surface area contributed by atoms with Crippen LogP contribution in [0.1, 0.15) is 32.3 Å². The summed E-state index contributed by atoms with van der Waals surface area (Å²) in [4.78, 5) is 30.6. The van der Waals surface area contributed by atoms with Crippen molar-refractivity contribution in [1.29, 1.82) is 0 Å². The lowest BCUT2D eigenvalue weighted by Crippen LogP contribution is -2.49. The fraction of sp³-hybridized carbons (Fsp3) is 0.588. The number of amides is 1. The number of carbonyl (C=O) groups is 2. The molecule has 0 saturated carbocycles. The van der Waals surface area contributed by atoms with E-state index in [9.17, 15) is 22.8 Å². The van der Waals surface area contributed by atoms with Gasteiger partial charge in [0, 0.05) is 38.8 Å². The van der Waals surface area contributed by atoms with Crippen molar-refractivity contribution in [3.05, 3.63) is 23.9 Å². The lowest BCUT2D eigenvalue weighted by molar-refractivity contribution is -0.141. The van der Waals surface area contributed by atoms with Crippen LogP contribution in [0.2, 0.25) is 0 Å². The Morgan fingerprint density at radius 3 is 2.31 bits per heavy atom. The smallest absolute Gasteiger partial charge is 0.416 e. The van der Waals surface area contributed by atoms with E-state index in [-0.39, 0.29) is 24.6 Å². The van der Waals surface area contributed by atoms with Crippen LogP contribution in [0.3, 0.4) is 0 Å². The molecule has 0 bridgehead atoms. The first-order valence-corrected chi connectivity index (χ1v) is 8.26. The van der Waals surface area contributed by atoms with Gasteiger partial charge in [-0.05, 0) is 17.5 Å². The van der Waals surface area contributed by atoms with Crippen LogP contribution in [0.5, 0.6) is 0 Å². The number of aliphatic carboxylic acids is 1. The average Bonchev–Trinajstić information content (AvgIpc) is 2.52. The molecule has 9 heteroatoms. The van der Waals surface area contributed by atoms with E-state index in [0.717, 1.165) is 18.3 Å². The first kappa shape index (κ1) is 20.0. The zero-order chi connectivity index (χ0) is 19.5. The fourth-order valence-corrected chi connectivity index (χ4v) is 2.95. The SMILES string of the molecule is CC(C)(CC(=O)O)CC(=O)N1CCN(c2cc(C(F)(F)F)ccn2)CC1. The molecule has 2 heterocycles. The number of nitrogens with zero attached hydrogens (tertiary/aromatic N) is 3. The van der Waals surface area contributed by atoms with E-state index >= 15 is 0 Å². The molecule has 0 aromatic carbocycles. The van der Waals surface area contributed by atoms with Crippen LogP contribution in [0.25, 0.3) is 0 Å². The van der Waals surface area contributed by atoms with Gasteiger partial charge in [0.2, 0.25) is 5.91 Å². The van der Waals surface area contributed by atoms with Crippen LogP contribution in [0, 0.1) is 5.41 Å². The summed E-state index contributed by atoms with van der Waals surface area (Å²) in [5, 5.41) is 8.89. The molecule has 1 aliphatic rings. The summed E-state index contributed by atoms with van der Waals surface area (Å²) in [6.07, 6.45) is -3.29. The fourth-order valence-electron chi connectivity index (χ4n) is 2.95. The first-order chi connectivity index (χ1) is 12.0. The van der Waals surface area contributed by atoms with Crippen molar-refractivity contribution in [2.45, 2.75) is 32.9 Å². The minimum atomic E-state index is -4.43. The lowest BCUT2D eigenvalue weighted by atomic mass is 9.85. The number of hydrogen-bond acceptors (Lipinski definition) is 4. The number of hydrogen-bond donors (Lipinski definition) is 1. The highest BCUT2D eigenvalue weighted by Crippen LogP contribution is 2.31. The van der Waals surface area contributed by atoms with Gasteiger partial charge in [-0.1, -0.05) is 13.8 Å². The Balaban J connectivity index is 1.95. The Hall–Kier alpha value is -2.32. The van der Waals surface area contributed by atoms with Crippen molar-refractivity contribution in [3.63, 3.8) is 0 Å². The van der Waals surface area contributed by atoms with Crippen molar-refractivity contribution in [1.82, 2.24) is 9.88 Å². The maximum Gasteiger partial charge on any atom is 0.416 e. The summed E-state index contributed by atoms with van der Waals surface area (Å²) in [5.74, 6) is -0.866. The molecule has 1 saturated heterocycles. The molecule has 144 valence electrons. The van der Waals surface area contributed by atoms with E-state index in [1.165, 1.54) is 0 Å². The van der Waals surface area contributed by atoms with Gasteiger partial charge in [-0.25, -0.2) is 4.98 Å². The summed E-state index contributed by atoms with van der Waals surface area (Å²) < 4.78 is 38.4. The van der Waals surface area contributed by atoms with E-state index in [4.69, 9.17) is 5.11 Å². The van der Waals surface area contributed by atoms with Crippen LogP contribution in [0.15, 0.2) is 18.3 Å². The number of anilines is 1. The Bertz CT molecular complexity index is 669. The largest absolute Gasteiger partial charge is 0.481 e. The molecule has 1 aromatic rings. The summed E-state index contributed by atoms with van der Waals surface area (Å²) in [6, 6.07) is 1.93. The first-order valence-electron chi connectivity index (χ1n) is 8.26. The topological polar surface area (TPSA) is 73.7 Å². The Kier molecular flexibility index (Phi) is 5.77. The normalized spacial score (nSPS) is 15.9. The number of carboxylic acid groups (broad SMARTS) is 1. The van der Waals surface area contributed by atoms with Crippen molar-refractivity contribution >= 4 is 17.7 Å². The Morgan fingerprint density at radius 1 is 1.15 bits per heavy atom. The minimum absolute atomic E-state index is 0.104. The molecule has 0 aliphatic carbocycles. The molecule has 0 spiro atoms. The van der Waals surface area contributed by atoms with E-state index < -0.39 is 23.1 Å². The molecule has 0 radical (unpaired) electrons. The van der Waals surface area contributed by atoms with Crippen LogP contribution < -0.4 is 4.90 Å². The van der Waals surface area contributed by atoms with Crippen molar-refractivity contribution in [3.8, 4) is 0 Å². The second kappa shape index (κ2) is 7.51. The van der Waals surface area contributed by atoms with E-state index in [1.54, 1.807) is 23.6 Å². The maximum absolute atomic E-state index is 12.8. The van der Waals surface area contributed by atoms with Gasteiger partial charge in [-0.15, -0.1) is 0 Å². The third kappa shape index (κ3) is 5.34. The highest BCUT2D eigenvalue weighted by atomic mass is 19.4. The number of alkyl halides is 3. The molecule has 1 N–H and O–H groups in total. The monoisotopic (exact) mass is 373 g/mol. The van der Waals surface area contributed by atoms with E-state index in [1.807, 2.05) is 0 Å². The summed E-state index contributed by atoms with van der Waals surface area (Å²) >= 11 is 0. The van der Waals surface area contributed by atoms with Crippen LogP contribution in [0.4, 0.5) is 19.0 Å².